The van der Waals surface area contributed by atoms with E-state index >= 15 is 0 Å². The number of carbonyl (C=O) groups excluding carboxylic acids is 1. The fourth-order valence-electron chi connectivity index (χ4n) is 11.0. The van der Waals surface area contributed by atoms with Gasteiger partial charge in [0.1, 0.15) is 0 Å². The molecule has 6 aliphatic rings. The summed E-state index contributed by atoms with van der Waals surface area (Å²) in [7, 11) is 0. The van der Waals surface area contributed by atoms with Crippen molar-refractivity contribution < 1.29 is 19.7 Å². The van der Waals surface area contributed by atoms with Crippen LogP contribution in [-0.4, -0.2) is 53.1 Å². The monoisotopic (exact) mass is 486 g/mol. The van der Waals surface area contributed by atoms with E-state index in [-0.39, 0.29) is 41.1 Å². The van der Waals surface area contributed by atoms with E-state index in [9.17, 15) is 15.0 Å². The van der Waals surface area contributed by atoms with Crippen molar-refractivity contribution >= 4 is 5.91 Å². The van der Waals surface area contributed by atoms with Crippen molar-refractivity contribution in [2.24, 2.45) is 45.1 Å². The number of hydrogen-bond donors (Lipinski definition) is 4. The summed E-state index contributed by atoms with van der Waals surface area (Å²) in [5, 5.41) is 26.0. The maximum absolute atomic E-state index is 12.1. The minimum atomic E-state index is -0.458. The van der Waals surface area contributed by atoms with Crippen LogP contribution in [0.1, 0.15) is 85.5 Å². The number of allylic oxidation sites excluding steroid dienone is 1. The first-order chi connectivity index (χ1) is 16.6. The first-order valence-electron chi connectivity index (χ1n) is 14.3. The third-order valence-corrected chi connectivity index (χ3v) is 13.0. The quantitative estimate of drug-likeness (QED) is 0.457. The molecule has 1 saturated heterocycles. The Morgan fingerprint density at radius 2 is 1.91 bits per heavy atom. The van der Waals surface area contributed by atoms with Gasteiger partial charge < -0.3 is 26.0 Å². The van der Waals surface area contributed by atoms with Crippen LogP contribution in [0.2, 0.25) is 0 Å². The molecule has 0 aromatic rings. The van der Waals surface area contributed by atoms with Gasteiger partial charge in [-0.25, -0.2) is 0 Å². The Kier molecular flexibility index (Phi) is 5.42. The molecule has 2 spiro atoms. The molecule has 0 bridgehead atoms. The highest BCUT2D eigenvalue weighted by molar-refractivity contribution is 5.79. The van der Waals surface area contributed by atoms with Gasteiger partial charge in [-0.05, 0) is 111 Å². The summed E-state index contributed by atoms with van der Waals surface area (Å²) in [5.41, 5.74) is 7.32. The predicted octanol–water partition coefficient (Wildman–Crippen LogP) is 3.30. The highest BCUT2D eigenvalue weighted by atomic mass is 16.5. The Morgan fingerprint density at radius 3 is 2.63 bits per heavy atom. The van der Waals surface area contributed by atoms with Crippen molar-refractivity contribution in [2.75, 3.05) is 6.54 Å². The predicted molar refractivity (Wildman–Crippen MR) is 134 cm³/mol. The highest BCUT2D eigenvalue weighted by Crippen LogP contribution is 2.88. The zero-order valence-electron chi connectivity index (χ0n) is 22.1. The number of carbonyl (C=O) groups is 1. The zero-order valence-corrected chi connectivity index (χ0v) is 22.1. The van der Waals surface area contributed by atoms with Crippen LogP contribution in [-0.2, 0) is 9.53 Å². The molecule has 0 aromatic heterocycles. The number of primary amides is 1. The first-order valence-corrected chi connectivity index (χ1v) is 14.3. The standard InChI is InChI=1S/C29H46N2O4/c1-5-18-19-8-9-22-27(4)24(33)23-20(7-6-17(35-23)14-31-16(2)25(30)34)26(27,3)12-13-29(22)15-28(19,29)11-10-21(18)32/h5,16-17,19-24,31-33H,6-15H2,1-4H3,(H2,30,34)/b18-5-/t16?,17?,19-,20-,21?,22?,23?,24-,26?,27+,28?,29?/m0/s1. The van der Waals surface area contributed by atoms with Crippen molar-refractivity contribution in [3.63, 3.8) is 0 Å². The smallest absolute Gasteiger partial charge is 0.234 e. The normalized spacial score (nSPS) is 56.3. The van der Waals surface area contributed by atoms with Gasteiger partial charge in [-0.1, -0.05) is 19.9 Å². The number of fused-ring (bicyclic) bond motifs is 4. The third kappa shape index (κ3) is 2.89. The van der Waals surface area contributed by atoms with E-state index in [1.807, 2.05) is 0 Å². The number of aliphatic hydroxyl groups is 2. The molecule has 1 aliphatic heterocycles. The SMILES string of the molecule is C/C=C1\C(O)CCC23CC24CCC2(C)[C@H]5CCC(CNC(C)C(N)=O)OC5[C@H](O)[C@@]2(C)C4CC[C@@H]13. The molecule has 12 atom stereocenters. The number of amides is 1. The summed E-state index contributed by atoms with van der Waals surface area (Å²) < 4.78 is 6.65. The van der Waals surface area contributed by atoms with Crippen LogP contribution in [0.15, 0.2) is 11.6 Å². The lowest BCUT2D eigenvalue weighted by Crippen LogP contribution is -2.57. The number of aliphatic hydroxyl groups excluding tert-OH is 2. The van der Waals surface area contributed by atoms with E-state index in [0.29, 0.717) is 35.1 Å². The summed E-state index contributed by atoms with van der Waals surface area (Å²) in [6.07, 6.45) is 11.5. The molecule has 6 nitrogen and oxygen atoms in total. The van der Waals surface area contributed by atoms with Gasteiger partial charge in [0.25, 0.3) is 0 Å². The molecular formula is C29H46N2O4. The second-order valence-electron chi connectivity index (χ2n) is 13.6. The van der Waals surface area contributed by atoms with Gasteiger partial charge in [0.15, 0.2) is 0 Å². The average Bonchev–Trinajstić information content (AvgIpc) is 3.48. The molecule has 196 valence electrons. The minimum Gasteiger partial charge on any atom is -0.390 e. The number of nitrogens with one attached hydrogen (secondary N) is 1. The number of ether oxygens (including phenoxy) is 1. The zero-order chi connectivity index (χ0) is 25.0. The van der Waals surface area contributed by atoms with Crippen LogP contribution in [0.25, 0.3) is 0 Å². The Balaban J connectivity index is 1.27. The Labute approximate surface area is 210 Å². The van der Waals surface area contributed by atoms with Crippen molar-refractivity contribution in [3.8, 4) is 0 Å². The second-order valence-corrected chi connectivity index (χ2v) is 13.6. The van der Waals surface area contributed by atoms with E-state index < -0.39 is 6.10 Å². The highest BCUT2D eigenvalue weighted by Gasteiger charge is 2.83. The second kappa shape index (κ2) is 7.78. The molecule has 1 amide bonds. The van der Waals surface area contributed by atoms with Gasteiger partial charge in [-0.2, -0.15) is 0 Å². The molecule has 5 aliphatic carbocycles. The number of rotatable bonds is 4. The molecule has 5 saturated carbocycles. The maximum atomic E-state index is 12.1. The molecule has 5 N–H and O–H groups in total. The summed E-state index contributed by atoms with van der Waals surface area (Å²) >= 11 is 0. The molecule has 6 heteroatoms. The third-order valence-electron chi connectivity index (χ3n) is 13.0. The molecule has 1 heterocycles. The number of nitrogens with two attached hydrogens (primary N) is 1. The minimum absolute atomic E-state index is 0.00842. The van der Waals surface area contributed by atoms with Crippen LogP contribution in [0.4, 0.5) is 0 Å². The Bertz CT molecular complexity index is 938. The molecule has 0 aromatic carbocycles. The lowest BCUT2D eigenvalue weighted by molar-refractivity contribution is -0.160. The summed E-state index contributed by atoms with van der Waals surface area (Å²) in [6, 6.07) is -0.375. The topological polar surface area (TPSA) is 105 Å². The molecule has 6 fully saturated rings. The van der Waals surface area contributed by atoms with Gasteiger partial charge >= 0.3 is 0 Å². The van der Waals surface area contributed by atoms with Gasteiger partial charge in [0, 0.05) is 12.0 Å². The number of hydrogen-bond acceptors (Lipinski definition) is 5. The Morgan fingerprint density at radius 1 is 1.14 bits per heavy atom. The van der Waals surface area contributed by atoms with Gasteiger partial charge in [0.05, 0.1) is 30.5 Å². The van der Waals surface area contributed by atoms with Crippen LogP contribution in [0.5, 0.6) is 0 Å². The van der Waals surface area contributed by atoms with Crippen LogP contribution in [0.3, 0.4) is 0 Å². The van der Waals surface area contributed by atoms with E-state index in [0.717, 1.165) is 38.5 Å². The largest absolute Gasteiger partial charge is 0.390 e. The van der Waals surface area contributed by atoms with E-state index in [1.165, 1.54) is 24.8 Å². The molecular weight excluding hydrogens is 440 g/mol. The average molecular weight is 487 g/mol. The molecule has 35 heavy (non-hydrogen) atoms. The van der Waals surface area contributed by atoms with Crippen LogP contribution in [0, 0.1) is 39.4 Å². The summed E-state index contributed by atoms with van der Waals surface area (Å²) in [6.45, 7) is 9.37. The molecule has 6 rings (SSSR count). The van der Waals surface area contributed by atoms with Crippen molar-refractivity contribution in [3.05, 3.63) is 11.6 Å². The fraction of sp³-hybridized carbons (Fsp3) is 0.897. The van der Waals surface area contributed by atoms with Crippen LogP contribution >= 0.6 is 0 Å². The molecule has 8 unspecified atom stereocenters. The molecule has 0 radical (unpaired) electrons. The lowest BCUT2D eigenvalue weighted by atomic mass is 9.43. The van der Waals surface area contributed by atoms with E-state index in [2.05, 4.69) is 32.2 Å². The summed E-state index contributed by atoms with van der Waals surface area (Å²) in [4.78, 5) is 11.4. The van der Waals surface area contributed by atoms with E-state index in [1.54, 1.807) is 6.92 Å². The van der Waals surface area contributed by atoms with Gasteiger partial charge in [-0.15, -0.1) is 0 Å². The lowest BCUT2D eigenvalue weighted by Gasteiger charge is -2.61. The maximum Gasteiger partial charge on any atom is 0.234 e. The van der Waals surface area contributed by atoms with Gasteiger partial charge in [0.2, 0.25) is 5.91 Å². The first kappa shape index (κ1) is 24.4. The fourth-order valence-corrected chi connectivity index (χ4v) is 11.0. The van der Waals surface area contributed by atoms with E-state index in [4.69, 9.17) is 10.5 Å². The summed E-state index contributed by atoms with van der Waals surface area (Å²) in [5.74, 6) is 1.09. The van der Waals surface area contributed by atoms with Gasteiger partial charge in [-0.3, -0.25) is 4.79 Å². The van der Waals surface area contributed by atoms with Crippen molar-refractivity contribution in [1.29, 1.82) is 0 Å². The van der Waals surface area contributed by atoms with Crippen molar-refractivity contribution in [2.45, 2.75) is 116 Å². The van der Waals surface area contributed by atoms with Crippen LogP contribution < -0.4 is 11.1 Å². The van der Waals surface area contributed by atoms with Crippen molar-refractivity contribution in [1.82, 2.24) is 5.32 Å². The Hall–Kier alpha value is -0.950.